The van der Waals surface area contributed by atoms with Gasteiger partial charge in [0.1, 0.15) is 18.0 Å². The number of benzene rings is 3. The fourth-order valence-electron chi connectivity index (χ4n) is 3.50. The number of carboxylic acid groups (broad SMARTS) is 1. The van der Waals surface area contributed by atoms with Crippen LogP contribution in [0.15, 0.2) is 70.7 Å². The minimum atomic E-state index is -1.17. The summed E-state index contributed by atoms with van der Waals surface area (Å²) >= 11 is 8.61. The first kappa shape index (κ1) is 26.0. The number of thiocarbonyl (C=S) groups is 1. The average Bonchev–Trinajstić information content (AvgIpc) is 2.87. The number of carboxylic acids is 1. The van der Waals surface area contributed by atoms with E-state index in [9.17, 15) is 23.9 Å². The lowest BCUT2D eigenvalue weighted by molar-refractivity contribution is -0.122. The highest BCUT2D eigenvalue weighted by Gasteiger charge is 2.35. The maximum Gasteiger partial charge on any atom is 0.335 e. The van der Waals surface area contributed by atoms with E-state index in [4.69, 9.17) is 21.7 Å². The number of methoxy groups -OCH3 is 1. The summed E-state index contributed by atoms with van der Waals surface area (Å²) in [5.41, 5.74) is 1.12. The molecule has 0 aliphatic carbocycles. The van der Waals surface area contributed by atoms with Gasteiger partial charge in [0, 0.05) is 4.47 Å². The van der Waals surface area contributed by atoms with Gasteiger partial charge >= 0.3 is 5.97 Å². The van der Waals surface area contributed by atoms with Crippen LogP contribution in [0.25, 0.3) is 6.08 Å². The van der Waals surface area contributed by atoms with Gasteiger partial charge in [0.15, 0.2) is 16.6 Å². The van der Waals surface area contributed by atoms with E-state index in [1.807, 2.05) is 0 Å². The molecule has 1 fully saturated rings. The zero-order valence-electron chi connectivity index (χ0n) is 19.2. The van der Waals surface area contributed by atoms with E-state index in [2.05, 4.69) is 21.2 Å². The van der Waals surface area contributed by atoms with Crippen LogP contribution in [0.4, 0.5) is 10.1 Å². The van der Waals surface area contributed by atoms with E-state index < -0.39 is 17.8 Å². The van der Waals surface area contributed by atoms with Crippen molar-refractivity contribution in [3.05, 3.63) is 93.2 Å². The van der Waals surface area contributed by atoms with Crippen molar-refractivity contribution in [2.45, 2.75) is 6.61 Å². The monoisotopic (exact) mass is 584 g/mol. The van der Waals surface area contributed by atoms with Crippen LogP contribution in [0.2, 0.25) is 0 Å². The number of nitrogens with zero attached hydrogens (tertiary/aromatic N) is 1. The van der Waals surface area contributed by atoms with Gasteiger partial charge in [-0.1, -0.05) is 34.1 Å². The fraction of sp³-hybridized carbons (Fsp3) is 0.0769. The molecule has 8 nitrogen and oxygen atoms in total. The molecule has 1 saturated heterocycles. The van der Waals surface area contributed by atoms with Crippen molar-refractivity contribution in [1.29, 1.82) is 0 Å². The number of amides is 2. The van der Waals surface area contributed by atoms with Crippen molar-refractivity contribution in [3.8, 4) is 11.5 Å². The topological polar surface area (TPSA) is 105 Å². The Morgan fingerprint density at radius 2 is 1.86 bits per heavy atom. The van der Waals surface area contributed by atoms with Crippen LogP contribution in [0, 0.1) is 5.82 Å². The Kier molecular flexibility index (Phi) is 7.65. The van der Waals surface area contributed by atoms with Gasteiger partial charge < -0.3 is 14.6 Å². The van der Waals surface area contributed by atoms with Crippen LogP contribution in [0.5, 0.6) is 11.5 Å². The van der Waals surface area contributed by atoms with Crippen LogP contribution in [0.1, 0.15) is 21.5 Å². The summed E-state index contributed by atoms with van der Waals surface area (Å²) in [7, 11) is 1.44. The molecule has 0 atom stereocenters. The maximum absolute atomic E-state index is 13.3. The first-order chi connectivity index (χ1) is 17.7. The third-order valence-corrected chi connectivity index (χ3v) is 6.31. The number of anilines is 1. The summed E-state index contributed by atoms with van der Waals surface area (Å²) in [6, 6.07) is 14.7. The largest absolute Gasteiger partial charge is 0.493 e. The van der Waals surface area contributed by atoms with E-state index >= 15 is 0 Å². The predicted octanol–water partition coefficient (Wildman–Crippen LogP) is 4.71. The first-order valence-corrected chi connectivity index (χ1v) is 11.9. The highest BCUT2D eigenvalue weighted by Crippen LogP contribution is 2.36. The van der Waals surface area contributed by atoms with Crippen molar-refractivity contribution in [2.75, 3.05) is 12.0 Å². The molecular formula is C26H18BrFN2O6S. The zero-order chi connectivity index (χ0) is 26.7. The van der Waals surface area contributed by atoms with E-state index in [1.165, 1.54) is 49.6 Å². The Morgan fingerprint density at radius 3 is 2.54 bits per heavy atom. The van der Waals surface area contributed by atoms with Gasteiger partial charge in [-0.15, -0.1) is 0 Å². The molecule has 2 N–H and O–H groups in total. The van der Waals surface area contributed by atoms with Gasteiger partial charge in [-0.25, -0.2) is 9.18 Å². The van der Waals surface area contributed by atoms with Crippen molar-refractivity contribution in [3.63, 3.8) is 0 Å². The smallest absolute Gasteiger partial charge is 0.335 e. The predicted molar refractivity (Wildman–Crippen MR) is 141 cm³/mol. The van der Waals surface area contributed by atoms with Gasteiger partial charge in [0.05, 0.1) is 18.4 Å². The molecule has 188 valence electrons. The SMILES string of the molecule is COc1cc(C=C2C(=O)NC(=S)N(c3cccc(C(=O)O)c3)C2=O)c(Br)cc1OCc1ccc(F)cc1. The second kappa shape index (κ2) is 10.9. The lowest BCUT2D eigenvalue weighted by atomic mass is 10.1. The molecule has 0 radical (unpaired) electrons. The van der Waals surface area contributed by atoms with Crippen LogP contribution < -0.4 is 19.7 Å². The Morgan fingerprint density at radius 1 is 1.14 bits per heavy atom. The molecule has 3 aromatic rings. The van der Waals surface area contributed by atoms with E-state index in [-0.39, 0.29) is 34.4 Å². The Hall–Kier alpha value is -4.09. The minimum Gasteiger partial charge on any atom is -0.493 e. The molecule has 4 rings (SSSR count). The van der Waals surface area contributed by atoms with Crippen LogP contribution in [-0.2, 0) is 16.2 Å². The van der Waals surface area contributed by atoms with Gasteiger partial charge in [0.25, 0.3) is 11.8 Å². The molecule has 11 heteroatoms. The Labute approximate surface area is 224 Å². The number of halogens is 2. The van der Waals surface area contributed by atoms with Crippen LogP contribution in [-0.4, -0.2) is 35.1 Å². The van der Waals surface area contributed by atoms with Gasteiger partial charge in [-0.05, 0) is 71.9 Å². The summed E-state index contributed by atoms with van der Waals surface area (Å²) < 4.78 is 24.9. The van der Waals surface area contributed by atoms with Crippen molar-refractivity contribution >= 4 is 62.8 Å². The fourth-order valence-corrected chi connectivity index (χ4v) is 4.22. The summed E-state index contributed by atoms with van der Waals surface area (Å²) in [5.74, 6) is -2.23. The quantitative estimate of drug-likeness (QED) is 0.235. The second-order valence-corrected chi connectivity index (χ2v) is 8.99. The standard InChI is InChI=1S/C26H18BrFN2O6S/c1-35-21-11-16(20(27)12-22(21)36-13-14-5-7-17(28)8-6-14)10-19-23(31)29-26(37)30(24(19)32)18-4-2-3-15(9-18)25(33)34/h2-12H,13H2,1H3,(H,33,34)(H,29,31,37). The summed E-state index contributed by atoms with van der Waals surface area (Å²) in [4.78, 5) is 38.4. The van der Waals surface area contributed by atoms with Crippen molar-refractivity contribution in [1.82, 2.24) is 5.32 Å². The molecule has 0 unspecified atom stereocenters. The molecule has 0 spiro atoms. The highest BCUT2D eigenvalue weighted by atomic mass is 79.9. The second-order valence-electron chi connectivity index (χ2n) is 7.75. The molecule has 1 heterocycles. The van der Waals surface area contributed by atoms with Crippen molar-refractivity contribution < 1.29 is 33.4 Å². The summed E-state index contributed by atoms with van der Waals surface area (Å²) in [5, 5.41) is 11.6. The third kappa shape index (κ3) is 5.68. The van der Waals surface area contributed by atoms with E-state index in [0.717, 1.165) is 10.5 Å². The molecule has 0 aromatic heterocycles. The molecule has 1 aliphatic rings. The molecule has 2 amide bonds. The molecule has 37 heavy (non-hydrogen) atoms. The summed E-state index contributed by atoms with van der Waals surface area (Å²) in [6.07, 6.45) is 1.36. The number of nitrogens with one attached hydrogen (secondary N) is 1. The van der Waals surface area contributed by atoms with Gasteiger partial charge in [-0.2, -0.15) is 0 Å². The number of hydrogen-bond donors (Lipinski definition) is 2. The number of ether oxygens (including phenoxy) is 2. The molecule has 1 aliphatic heterocycles. The van der Waals surface area contributed by atoms with E-state index in [1.54, 1.807) is 24.3 Å². The van der Waals surface area contributed by atoms with Crippen LogP contribution >= 0.6 is 28.1 Å². The van der Waals surface area contributed by atoms with Crippen molar-refractivity contribution in [2.24, 2.45) is 0 Å². The zero-order valence-corrected chi connectivity index (χ0v) is 21.6. The number of aromatic carboxylic acids is 1. The minimum absolute atomic E-state index is 0.0424. The molecule has 0 saturated carbocycles. The average molecular weight is 585 g/mol. The van der Waals surface area contributed by atoms with E-state index in [0.29, 0.717) is 21.5 Å². The highest BCUT2D eigenvalue weighted by molar-refractivity contribution is 9.10. The number of carbonyl (C=O) groups excluding carboxylic acids is 2. The number of rotatable bonds is 7. The molecule has 3 aromatic carbocycles. The number of carbonyl (C=O) groups is 3. The Balaban J connectivity index is 1.65. The molecular weight excluding hydrogens is 567 g/mol. The normalized spacial score (nSPS) is 14.5. The molecule has 0 bridgehead atoms. The number of hydrogen-bond acceptors (Lipinski definition) is 6. The first-order valence-electron chi connectivity index (χ1n) is 10.7. The third-order valence-electron chi connectivity index (χ3n) is 5.34. The Bertz CT molecular complexity index is 1460. The summed E-state index contributed by atoms with van der Waals surface area (Å²) in [6.45, 7) is 0.159. The van der Waals surface area contributed by atoms with Crippen LogP contribution in [0.3, 0.4) is 0 Å². The lowest BCUT2D eigenvalue weighted by Gasteiger charge is -2.29. The van der Waals surface area contributed by atoms with Gasteiger partial charge in [0.2, 0.25) is 0 Å². The van der Waals surface area contributed by atoms with Gasteiger partial charge in [-0.3, -0.25) is 19.8 Å². The maximum atomic E-state index is 13.3. The lowest BCUT2D eigenvalue weighted by Crippen LogP contribution is -2.54.